The van der Waals surface area contributed by atoms with E-state index in [-0.39, 0.29) is 18.7 Å². The number of esters is 1. The fourth-order valence-corrected chi connectivity index (χ4v) is 2.47. The van der Waals surface area contributed by atoms with Gasteiger partial charge >= 0.3 is 12.1 Å². The van der Waals surface area contributed by atoms with Gasteiger partial charge in [0.05, 0.1) is 13.5 Å². The average molecular weight is 334 g/mol. The predicted octanol–water partition coefficient (Wildman–Crippen LogP) is 1.67. The second kappa shape index (κ2) is 8.90. The van der Waals surface area contributed by atoms with Crippen LogP contribution in [0.15, 0.2) is 30.3 Å². The number of hydrogen-bond donors (Lipinski definition) is 0. The minimum absolute atomic E-state index is 0.0750. The standard InChI is InChI=1S/C17H22N2O5/c1-23-16(21)9-8-15(20)18-10-5-11-19(13-12-18)17(22)24-14-6-3-2-4-7-14/h2-4,6-7H,5,8-13H2,1H3. The summed E-state index contributed by atoms with van der Waals surface area (Å²) in [4.78, 5) is 38.7. The minimum atomic E-state index is -0.412. The number of carbonyl (C=O) groups excluding carboxylic acids is 3. The fourth-order valence-electron chi connectivity index (χ4n) is 2.47. The highest BCUT2D eigenvalue weighted by atomic mass is 16.6. The largest absolute Gasteiger partial charge is 0.469 e. The lowest BCUT2D eigenvalue weighted by Gasteiger charge is -2.21. The Morgan fingerprint density at radius 1 is 0.958 bits per heavy atom. The van der Waals surface area contributed by atoms with Crippen LogP contribution in [0.25, 0.3) is 0 Å². The zero-order valence-corrected chi connectivity index (χ0v) is 13.8. The van der Waals surface area contributed by atoms with Gasteiger partial charge < -0.3 is 19.3 Å². The molecule has 1 heterocycles. The SMILES string of the molecule is COC(=O)CCC(=O)N1CCCN(C(=O)Oc2ccccc2)CC1. The molecule has 1 fully saturated rings. The molecule has 0 bridgehead atoms. The lowest BCUT2D eigenvalue weighted by Crippen LogP contribution is -2.38. The Morgan fingerprint density at radius 2 is 1.62 bits per heavy atom. The molecule has 0 saturated carbocycles. The molecule has 1 saturated heterocycles. The number of carbonyl (C=O) groups is 3. The van der Waals surface area contributed by atoms with Gasteiger partial charge in [-0.05, 0) is 18.6 Å². The summed E-state index contributed by atoms with van der Waals surface area (Å²) in [6.07, 6.45) is 0.464. The molecule has 0 N–H and O–H groups in total. The lowest BCUT2D eigenvalue weighted by atomic mass is 10.2. The lowest BCUT2D eigenvalue weighted by molar-refractivity contribution is -0.143. The first-order valence-corrected chi connectivity index (χ1v) is 7.96. The molecule has 7 nitrogen and oxygen atoms in total. The van der Waals surface area contributed by atoms with Crippen LogP contribution in [0.3, 0.4) is 0 Å². The summed E-state index contributed by atoms with van der Waals surface area (Å²) in [5.41, 5.74) is 0. The Morgan fingerprint density at radius 3 is 2.33 bits per heavy atom. The van der Waals surface area contributed by atoms with Crippen molar-refractivity contribution in [2.24, 2.45) is 0 Å². The van der Waals surface area contributed by atoms with Crippen molar-refractivity contribution >= 4 is 18.0 Å². The molecule has 0 aromatic heterocycles. The normalized spacial score (nSPS) is 14.7. The maximum atomic E-state index is 12.2. The van der Waals surface area contributed by atoms with Gasteiger partial charge in [0, 0.05) is 32.6 Å². The van der Waals surface area contributed by atoms with E-state index in [1.54, 1.807) is 34.1 Å². The molecule has 7 heteroatoms. The summed E-state index contributed by atoms with van der Waals surface area (Å²) in [7, 11) is 1.30. The highest BCUT2D eigenvalue weighted by molar-refractivity contribution is 5.81. The summed E-state index contributed by atoms with van der Waals surface area (Å²) < 4.78 is 9.86. The molecule has 2 amide bonds. The van der Waals surface area contributed by atoms with Crippen LogP contribution in [0, 0.1) is 0 Å². The van der Waals surface area contributed by atoms with E-state index in [0.29, 0.717) is 38.3 Å². The molecular weight excluding hydrogens is 312 g/mol. The molecule has 0 aliphatic carbocycles. The second-order valence-corrected chi connectivity index (χ2v) is 5.48. The molecule has 24 heavy (non-hydrogen) atoms. The average Bonchev–Trinajstić information content (AvgIpc) is 2.86. The molecule has 130 valence electrons. The number of methoxy groups -OCH3 is 1. The summed E-state index contributed by atoms with van der Waals surface area (Å²) >= 11 is 0. The van der Waals surface area contributed by atoms with E-state index in [1.807, 2.05) is 6.07 Å². The molecule has 0 unspecified atom stereocenters. The number of ether oxygens (including phenoxy) is 2. The van der Waals surface area contributed by atoms with Crippen LogP contribution in [0.4, 0.5) is 4.79 Å². The van der Waals surface area contributed by atoms with Crippen LogP contribution in [0.1, 0.15) is 19.3 Å². The van der Waals surface area contributed by atoms with Crippen molar-refractivity contribution in [1.29, 1.82) is 0 Å². The van der Waals surface area contributed by atoms with Gasteiger partial charge in [-0.15, -0.1) is 0 Å². The van der Waals surface area contributed by atoms with Crippen LogP contribution in [-0.4, -0.2) is 61.1 Å². The van der Waals surface area contributed by atoms with Crippen LogP contribution in [-0.2, 0) is 14.3 Å². The van der Waals surface area contributed by atoms with Gasteiger partial charge in [-0.3, -0.25) is 9.59 Å². The zero-order chi connectivity index (χ0) is 17.4. The van der Waals surface area contributed by atoms with Crippen molar-refractivity contribution in [2.75, 3.05) is 33.3 Å². The van der Waals surface area contributed by atoms with E-state index in [2.05, 4.69) is 4.74 Å². The first-order chi connectivity index (χ1) is 11.6. The summed E-state index contributed by atoms with van der Waals surface area (Å²) in [6, 6.07) is 8.89. The Bertz CT molecular complexity index is 576. The van der Waals surface area contributed by atoms with Gasteiger partial charge in [0.25, 0.3) is 0 Å². The van der Waals surface area contributed by atoms with Crippen molar-refractivity contribution in [3.8, 4) is 5.75 Å². The van der Waals surface area contributed by atoms with Crippen LogP contribution in [0.5, 0.6) is 5.75 Å². The van der Waals surface area contributed by atoms with Crippen molar-refractivity contribution in [2.45, 2.75) is 19.3 Å². The quantitative estimate of drug-likeness (QED) is 0.783. The number of para-hydroxylation sites is 1. The smallest absolute Gasteiger partial charge is 0.415 e. The third-order valence-corrected chi connectivity index (χ3v) is 3.83. The number of amides is 2. The Balaban J connectivity index is 1.82. The topological polar surface area (TPSA) is 76.2 Å². The monoisotopic (exact) mass is 334 g/mol. The van der Waals surface area contributed by atoms with Crippen LogP contribution >= 0.6 is 0 Å². The number of nitrogens with zero attached hydrogens (tertiary/aromatic N) is 2. The molecule has 1 aromatic rings. The maximum absolute atomic E-state index is 12.2. The van der Waals surface area contributed by atoms with Crippen molar-refractivity contribution < 1.29 is 23.9 Å². The van der Waals surface area contributed by atoms with Gasteiger partial charge in [0.2, 0.25) is 5.91 Å². The molecule has 0 spiro atoms. The second-order valence-electron chi connectivity index (χ2n) is 5.48. The molecule has 1 aliphatic heterocycles. The zero-order valence-electron chi connectivity index (χ0n) is 13.8. The predicted molar refractivity (Wildman–Crippen MR) is 86.5 cm³/mol. The fraction of sp³-hybridized carbons (Fsp3) is 0.471. The van der Waals surface area contributed by atoms with E-state index in [0.717, 1.165) is 0 Å². The highest BCUT2D eigenvalue weighted by Crippen LogP contribution is 2.12. The van der Waals surface area contributed by atoms with Gasteiger partial charge in [-0.2, -0.15) is 0 Å². The first kappa shape index (κ1) is 17.8. The van der Waals surface area contributed by atoms with Crippen molar-refractivity contribution in [1.82, 2.24) is 9.80 Å². The Labute approximate surface area is 141 Å². The molecular formula is C17H22N2O5. The third-order valence-electron chi connectivity index (χ3n) is 3.83. The first-order valence-electron chi connectivity index (χ1n) is 7.96. The number of rotatable bonds is 4. The number of hydrogen-bond acceptors (Lipinski definition) is 5. The van der Waals surface area contributed by atoms with E-state index in [1.165, 1.54) is 7.11 Å². The van der Waals surface area contributed by atoms with E-state index in [9.17, 15) is 14.4 Å². The molecule has 2 rings (SSSR count). The Hall–Kier alpha value is -2.57. The van der Waals surface area contributed by atoms with Crippen LogP contribution in [0.2, 0.25) is 0 Å². The van der Waals surface area contributed by atoms with Gasteiger partial charge in [-0.1, -0.05) is 18.2 Å². The van der Waals surface area contributed by atoms with E-state index in [4.69, 9.17) is 4.74 Å². The molecule has 0 atom stereocenters. The van der Waals surface area contributed by atoms with E-state index >= 15 is 0 Å². The molecule has 0 radical (unpaired) electrons. The van der Waals surface area contributed by atoms with Crippen molar-refractivity contribution in [3.05, 3.63) is 30.3 Å². The maximum Gasteiger partial charge on any atom is 0.415 e. The van der Waals surface area contributed by atoms with Gasteiger partial charge in [0.1, 0.15) is 5.75 Å². The minimum Gasteiger partial charge on any atom is -0.469 e. The van der Waals surface area contributed by atoms with Crippen molar-refractivity contribution in [3.63, 3.8) is 0 Å². The molecule has 1 aromatic carbocycles. The summed E-state index contributed by atoms with van der Waals surface area (Å²) in [5.74, 6) is 0.00247. The highest BCUT2D eigenvalue weighted by Gasteiger charge is 2.23. The van der Waals surface area contributed by atoms with E-state index < -0.39 is 12.1 Å². The van der Waals surface area contributed by atoms with Gasteiger partial charge in [0.15, 0.2) is 0 Å². The molecule has 1 aliphatic rings. The van der Waals surface area contributed by atoms with Gasteiger partial charge in [-0.25, -0.2) is 4.79 Å². The summed E-state index contributed by atoms with van der Waals surface area (Å²) in [5, 5.41) is 0. The van der Waals surface area contributed by atoms with Crippen LogP contribution < -0.4 is 4.74 Å². The summed E-state index contributed by atoms with van der Waals surface area (Å²) in [6.45, 7) is 1.95. The number of benzene rings is 1. The third kappa shape index (κ3) is 5.26. The Kier molecular flexibility index (Phi) is 6.60.